The molecule has 20 heavy (non-hydrogen) atoms. The maximum atomic E-state index is 12.4. The number of esters is 1. The van der Waals surface area contributed by atoms with Crippen LogP contribution in [-0.4, -0.2) is 29.7 Å². The Morgan fingerprint density at radius 1 is 1.35 bits per heavy atom. The maximum Gasteiger partial charge on any atom is 0.338 e. The van der Waals surface area contributed by atoms with Crippen molar-refractivity contribution in [2.45, 2.75) is 43.1 Å². The van der Waals surface area contributed by atoms with Crippen LogP contribution in [0.5, 0.6) is 0 Å². The molecule has 0 spiro atoms. The Balaban J connectivity index is 3.07. The topological polar surface area (TPSA) is 72.5 Å². The standard InChI is InChI=1S/C12H21NO4S2Si/c1-12(2,3)20(5,6)13-19(15,16)10-7-9(8-18-10)11(14)17-4/h7-8,13H,1-6H3. The number of thiophene rings is 1. The van der Waals surface area contributed by atoms with Crippen LogP contribution in [0.15, 0.2) is 15.7 Å². The molecule has 0 amide bonds. The van der Waals surface area contributed by atoms with Gasteiger partial charge in [-0.05, 0) is 11.1 Å². The average molecular weight is 336 g/mol. The number of hydrogen-bond acceptors (Lipinski definition) is 5. The van der Waals surface area contributed by atoms with Crippen molar-refractivity contribution >= 4 is 35.6 Å². The minimum atomic E-state index is -3.60. The van der Waals surface area contributed by atoms with E-state index in [1.165, 1.54) is 18.6 Å². The summed E-state index contributed by atoms with van der Waals surface area (Å²) < 4.78 is 32.3. The van der Waals surface area contributed by atoms with Gasteiger partial charge in [0.1, 0.15) is 12.4 Å². The highest BCUT2D eigenvalue weighted by Gasteiger charge is 2.39. The second-order valence-corrected chi connectivity index (χ2v) is 14.3. The maximum absolute atomic E-state index is 12.4. The van der Waals surface area contributed by atoms with E-state index in [0.29, 0.717) is 0 Å². The van der Waals surface area contributed by atoms with Crippen LogP contribution < -0.4 is 4.39 Å². The van der Waals surface area contributed by atoms with Gasteiger partial charge in [-0.15, -0.1) is 11.3 Å². The number of nitrogens with one attached hydrogen (secondary N) is 1. The molecule has 0 saturated carbocycles. The first-order valence-corrected chi connectivity index (χ1v) is 11.5. The van der Waals surface area contributed by atoms with Crippen LogP contribution in [0.1, 0.15) is 31.1 Å². The fraction of sp³-hybridized carbons (Fsp3) is 0.583. The van der Waals surface area contributed by atoms with E-state index < -0.39 is 24.2 Å². The minimum absolute atomic E-state index is 0.109. The molecule has 0 bridgehead atoms. The van der Waals surface area contributed by atoms with Crippen molar-refractivity contribution in [1.29, 1.82) is 0 Å². The van der Waals surface area contributed by atoms with E-state index in [9.17, 15) is 13.2 Å². The summed E-state index contributed by atoms with van der Waals surface area (Å²) in [5, 5.41) is 1.38. The SMILES string of the molecule is COC(=O)c1csc(S(=O)(=O)N[Si](C)(C)C(C)(C)C)c1. The van der Waals surface area contributed by atoms with E-state index in [2.05, 4.69) is 9.12 Å². The van der Waals surface area contributed by atoms with E-state index in [4.69, 9.17) is 0 Å². The van der Waals surface area contributed by atoms with E-state index in [0.717, 1.165) is 11.3 Å². The van der Waals surface area contributed by atoms with Gasteiger partial charge in [0.05, 0.1) is 12.7 Å². The summed E-state index contributed by atoms with van der Waals surface area (Å²) in [7, 11) is -4.53. The zero-order valence-corrected chi connectivity index (χ0v) is 15.2. The van der Waals surface area contributed by atoms with Crippen LogP contribution in [-0.2, 0) is 14.8 Å². The number of hydrogen-bond donors (Lipinski definition) is 1. The number of rotatable bonds is 4. The van der Waals surface area contributed by atoms with E-state index in [1.807, 2.05) is 33.9 Å². The second-order valence-electron chi connectivity index (χ2n) is 6.13. The second kappa shape index (κ2) is 5.59. The summed E-state index contributed by atoms with van der Waals surface area (Å²) >= 11 is 1.02. The highest BCUT2D eigenvalue weighted by Crippen LogP contribution is 2.35. The molecule has 8 heteroatoms. The molecule has 0 aromatic carbocycles. The van der Waals surface area contributed by atoms with Crippen LogP contribution in [0.3, 0.4) is 0 Å². The molecule has 0 fully saturated rings. The van der Waals surface area contributed by atoms with Crippen molar-refractivity contribution < 1.29 is 17.9 Å². The van der Waals surface area contributed by atoms with Gasteiger partial charge < -0.3 is 4.74 Å². The highest BCUT2D eigenvalue weighted by molar-refractivity contribution is 7.93. The molecule has 0 aliphatic rings. The third-order valence-electron chi connectivity index (χ3n) is 3.53. The summed E-state index contributed by atoms with van der Waals surface area (Å²) in [4.78, 5) is 11.4. The summed E-state index contributed by atoms with van der Waals surface area (Å²) in [6.07, 6.45) is 0. The van der Waals surface area contributed by atoms with Gasteiger partial charge in [0.25, 0.3) is 0 Å². The molecule has 1 heterocycles. The van der Waals surface area contributed by atoms with Crippen LogP contribution in [0.25, 0.3) is 0 Å². The summed E-state index contributed by atoms with van der Waals surface area (Å²) in [6, 6.07) is 1.35. The van der Waals surface area contributed by atoms with Gasteiger partial charge in [-0.3, -0.25) is 0 Å². The normalized spacial score (nSPS) is 13.3. The molecule has 0 aliphatic carbocycles. The molecule has 0 radical (unpaired) electrons. The zero-order chi connectivity index (χ0) is 15.8. The van der Waals surface area contributed by atoms with Crippen molar-refractivity contribution in [2.75, 3.05) is 7.11 Å². The molecule has 0 unspecified atom stereocenters. The first kappa shape index (κ1) is 17.3. The molecule has 1 aromatic rings. The molecule has 0 atom stereocenters. The van der Waals surface area contributed by atoms with Crippen molar-refractivity contribution in [3.63, 3.8) is 0 Å². The minimum Gasteiger partial charge on any atom is -0.465 e. The lowest BCUT2D eigenvalue weighted by atomic mass is 10.2. The molecule has 0 saturated heterocycles. The Kier molecular flexibility index (Phi) is 4.85. The highest BCUT2D eigenvalue weighted by atomic mass is 32.2. The molecular weight excluding hydrogens is 314 g/mol. The first-order valence-electron chi connectivity index (χ1n) is 6.11. The number of sulfonamides is 1. The monoisotopic (exact) mass is 335 g/mol. The van der Waals surface area contributed by atoms with Gasteiger partial charge in [0.2, 0.25) is 10.0 Å². The predicted molar refractivity (Wildman–Crippen MR) is 83.2 cm³/mol. The van der Waals surface area contributed by atoms with E-state index >= 15 is 0 Å². The van der Waals surface area contributed by atoms with Gasteiger partial charge >= 0.3 is 5.97 Å². The third kappa shape index (κ3) is 3.69. The number of carbonyl (C=O) groups is 1. The molecule has 1 aromatic heterocycles. The predicted octanol–water partition coefficient (Wildman–Crippen LogP) is 2.82. The van der Waals surface area contributed by atoms with E-state index in [1.54, 1.807) is 0 Å². The Hall–Kier alpha value is -0.703. The molecule has 1 rings (SSSR count). The van der Waals surface area contributed by atoms with Crippen LogP contribution in [0, 0.1) is 0 Å². The third-order valence-corrected chi connectivity index (χ3v) is 12.7. The zero-order valence-electron chi connectivity index (χ0n) is 12.6. The van der Waals surface area contributed by atoms with Crippen LogP contribution in [0.2, 0.25) is 18.1 Å². The Labute approximate surface area is 125 Å². The average Bonchev–Trinajstić information content (AvgIpc) is 2.74. The van der Waals surface area contributed by atoms with Gasteiger partial charge in [0.15, 0.2) is 0 Å². The van der Waals surface area contributed by atoms with Crippen molar-refractivity contribution in [3.05, 3.63) is 17.0 Å². The van der Waals surface area contributed by atoms with Gasteiger partial charge in [-0.1, -0.05) is 33.9 Å². The van der Waals surface area contributed by atoms with Crippen molar-refractivity contribution in [3.8, 4) is 0 Å². The molecule has 1 N–H and O–H groups in total. The molecular formula is C12H21NO4S2Si. The molecule has 114 valence electrons. The number of carbonyl (C=O) groups excluding carboxylic acids is 1. The Morgan fingerprint density at radius 3 is 2.35 bits per heavy atom. The van der Waals surface area contributed by atoms with Crippen LogP contribution in [0.4, 0.5) is 0 Å². The largest absolute Gasteiger partial charge is 0.465 e. The van der Waals surface area contributed by atoms with Crippen LogP contribution >= 0.6 is 11.3 Å². The summed E-state index contributed by atoms with van der Waals surface area (Å²) in [5.41, 5.74) is 0.258. The van der Waals surface area contributed by atoms with Crippen molar-refractivity contribution in [1.82, 2.24) is 4.39 Å². The first-order chi connectivity index (χ1) is 8.90. The van der Waals surface area contributed by atoms with E-state index in [-0.39, 0.29) is 14.8 Å². The fourth-order valence-electron chi connectivity index (χ4n) is 1.22. The Morgan fingerprint density at radius 2 is 1.90 bits per heavy atom. The van der Waals surface area contributed by atoms with Gasteiger partial charge in [0, 0.05) is 5.38 Å². The lowest BCUT2D eigenvalue weighted by Crippen LogP contribution is -2.54. The summed E-state index contributed by atoms with van der Waals surface area (Å²) in [5.74, 6) is -0.532. The smallest absolute Gasteiger partial charge is 0.338 e. The molecule has 0 aliphatic heterocycles. The summed E-state index contributed by atoms with van der Waals surface area (Å²) in [6.45, 7) is 10.0. The quantitative estimate of drug-likeness (QED) is 0.678. The lowest BCUT2D eigenvalue weighted by Gasteiger charge is -2.36. The number of ether oxygens (including phenoxy) is 1. The number of methoxy groups -OCH3 is 1. The lowest BCUT2D eigenvalue weighted by molar-refractivity contribution is 0.0601. The fourth-order valence-corrected chi connectivity index (χ4v) is 7.45. The van der Waals surface area contributed by atoms with Gasteiger partial charge in [-0.2, -0.15) is 0 Å². The van der Waals surface area contributed by atoms with Crippen molar-refractivity contribution in [2.24, 2.45) is 0 Å². The Bertz CT molecular complexity index is 599. The van der Waals surface area contributed by atoms with Gasteiger partial charge in [-0.25, -0.2) is 17.6 Å². The molecule has 5 nitrogen and oxygen atoms in total.